The predicted octanol–water partition coefficient (Wildman–Crippen LogP) is 4.02. The smallest absolute Gasteiger partial charge is 0.189 e. The minimum atomic E-state index is -1.04. The van der Waals surface area contributed by atoms with Crippen LogP contribution >= 0.6 is 0 Å². The molecule has 0 spiro atoms. The maximum Gasteiger partial charge on any atom is 0.189 e. The van der Waals surface area contributed by atoms with Gasteiger partial charge < -0.3 is 14.6 Å². The van der Waals surface area contributed by atoms with Gasteiger partial charge in [-0.2, -0.15) is 0 Å². The van der Waals surface area contributed by atoms with Crippen LogP contribution in [-0.2, 0) is 11.3 Å². The Morgan fingerprint density at radius 1 is 1.10 bits per heavy atom. The molecule has 0 aromatic heterocycles. The topological polar surface area (TPSA) is 38.7 Å². The summed E-state index contributed by atoms with van der Waals surface area (Å²) in [6, 6.07) is 13.0. The number of hydrogen-bond donors (Lipinski definition) is 1. The molecule has 0 fully saturated rings. The molecule has 114 valence electrons. The Balaban J connectivity index is 1.96. The molecule has 21 heavy (non-hydrogen) atoms. The Morgan fingerprint density at radius 2 is 1.90 bits per heavy atom. The SMILES string of the molecule is C[Si](C)(C)CCOCOc1cccc2cc(CO)ccc12. The molecule has 4 heteroatoms. The molecule has 2 rings (SSSR count). The molecule has 0 unspecified atom stereocenters. The molecule has 0 bridgehead atoms. The molecule has 0 radical (unpaired) electrons. The summed E-state index contributed by atoms with van der Waals surface area (Å²) in [6.07, 6.45) is 0. The third-order valence-corrected chi connectivity index (χ3v) is 5.09. The predicted molar refractivity (Wildman–Crippen MR) is 89.5 cm³/mol. The van der Waals surface area contributed by atoms with Gasteiger partial charge in [0.1, 0.15) is 5.75 Å². The monoisotopic (exact) mass is 304 g/mol. The van der Waals surface area contributed by atoms with Crippen molar-refractivity contribution in [1.29, 1.82) is 0 Å². The van der Waals surface area contributed by atoms with Gasteiger partial charge in [0.25, 0.3) is 0 Å². The van der Waals surface area contributed by atoms with E-state index in [1.165, 1.54) is 0 Å². The van der Waals surface area contributed by atoms with Crippen molar-refractivity contribution >= 4 is 18.8 Å². The van der Waals surface area contributed by atoms with E-state index in [4.69, 9.17) is 9.47 Å². The second-order valence-electron chi connectivity index (χ2n) is 6.45. The van der Waals surface area contributed by atoms with E-state index < -0.39 is 8.07 Å². The van der Waals surface area contributed by atoms with Gasteiger partial charge in [0.2, 0.25) is 0 Å². The van der Waals surface area contributed by atoms with Gasteiger partial charge in [0.05, 0.1) is 6.61 Å². The Morgan fingerprint density at radius 3 is 2.62 bits per heavy atom. The number of fused-ring (bicyclic) bond motifs is 1. The molecule has 1 N–H and O–H groups in total. The van der Waals surface area contributed by atoms with Gasteiger partial charge in [-0.05, 0) is 29.1 Å². The minimum absolute atomic E-state index is 0.0564. The number of rotatable bonds is 7. The van der Waals surface area contributed by atoms with Crippen molar-refractivity contribution in [2.75, 3.05) is 13.4 Å². The fraction of sp³-hybridized carbons (Fsp3) is 0.412. The number of hydrogen-bond acceptors (Lipinski definition) is 3. The summed E-state index contributed by atoms with van der Waals surface area (Å²) in [6.45, 7) is 8.10. The maximum atomic E-state index is 9.18. The van der Waals surface area contributed by atoms with E-state index in [0.717, 1.165) is 34.7 Å². The van der Waals surface area contributed by atoms with Gasteiger partial charge in [0.15, 0.2) is 6.79 Å². The lowest BCUT2D eigenvalue weighted by Crippen LogP contribution is -2.22. The first-order valence-corrected chi connectivity index (χ1v) is 11.0. The van der Waals surface area contributed by atoms with E-state index in [2.05, 4.69) is 19.6 Å². The fourth-order valence-corrected chi connectivity index (χ4v) is 2.83. The average Bonchev–Trinajstić information content (AvgIpc) is 2.45. The van der Waals surface area contributed by atoms with E-state index in [9.17, 15) is 5.11 Å². The lowest BCUT2D eigenvalue weighted by Gasteiger charge is -2.16. The van der Waals surface area contributed by atoms with Crippen LogP contribution in [-0.4, -0.2) is 26.6 Å². The van der Waals surface area contributed by atoms with Crippen molar-refractivity contribution in [1.82, 2.24) is 0 Å². The lowest BCUT2D eigenvalue weighted by molar-refractivity contribution is 0.0230. The van der Waals surface area contributed by atoms with Gasteiger partial charge in [-0.15, -0.1) is 0 Å². The van der Waals surface area contributed by atoms with Crippen LogP contribution in [0.1, 0.15) is 5.56 Å². The quantitative estimate of drug-likeness (QED) is 0.477. The van der Waals surface area contributed by atoms with E-state index in [-0.39, 0.29) is 13.4 Å². The van der Waals surface area contributed by atoms with Crippen molar-refractivity contribution < 1.29 is 14.6 Å². The van der Waals surface area contributed by atoms with E-state index >= 15 is 0 Å². The summed E-state index contributed by atoms with van der Waals surface area (Å²) in [5, 5.41) is 11.3. The number of benzene rings is 2. The van der Waals surface area contributed by atoms with Crippen LogP contribution in [0.25, 0.3) is 10.8 Å². The average molecular weight is 304 g/mol. The lowest BCUT2D eigenvalue weighted by atomic mass is 10.1. The molecule has 0 saturated heterocycles. The highest BCUT2D eigenvalue weighted by Crippen LogP contribution is 2.26. The maximum absolute atomic E-state index is 9.18. The van der Waals surface area contributed by atoms with Crippen molar-refractivity contribution in [3.63, 3.8) is 0 Å². The van der Waals surface area contributed by atoms with Crippen LogP contribution in [0.2, 0.25) is 25.7 Å². The zero-order valence-electron chi connectivity index (χ0n) is 13.1. The molecule has 0 aliphatic carbocycles. The summed E-state index contributed by atoms with van der Waals surface area (Å²) in [5.41, 5.74) is 0.908. The Kier molecular flexibility index (Phi) is 5.39. The highest BCUT2D eigenvalue weighted by Gasteiger charge is 2.12. The number of aliphatic hydroxyl groups is 1. The summed E-state index contributed by atoms with van der Waals surface area (Å²) in [7, 11) is -1.04. The molecule has 0 heterocycles. The molecule has 0 aliphatic heterocycles. The molecule has 0 atom stereocenters. The highest BCUT2D eigenvalue weighted by molar-refractivity contribution is 6.76. The van der Waals surface area contributed by atoms with E-state index in [1.807, 2.05) is 36.4 Å². The molecular weight excluding hydrogens is 280 g/mol. The third-order valence-electron chi connectivity index (χ3n) is 3.38. The van der Waals surface area contributed by atoms with Gasteiger partial charge in [-0.25, -0.2) is 0 Å². The first kappa shape index (κ1) is 16.0. The third kappa shape index (κ3) is 4.84. The van der Waals surface area contributed by atoms with Gasteiger partial charge in [-0.3, -0.25) is 0 Å². The van der Waals surface area contributed by atoms with Crippen molar-refractivity contribution in [2.24, 2.45) is 0 Å². The van der Waals surface area contributed by atoms with Crippen molar-refractivity contribution in [3.8, 4) is 5.75 Å². The molecule has 2 aromatic rings. The summed E-state index contributed by atoms with van der Waals surface area (Å²) < 4.78 is 11.3. The van der Waals surface area contributed by atoms with Crippen LogP contribution in [0.15, 0.2) is 36.4 Å². The summed E-state index contributed by atoms with van der Waals surface area (Å²) in [5.74, 6) is 0.824. The summed E-state index contributed by atoms with van der Waals surface area (Å²) in [4.78, 5) is 0. The molecule has 0 amide bonds. The van der Waals surface area contributed by atoms with Crippen molar-refractivity contribution in [2.45, 2.75) is 32.3 Å². The first-order valence-electron chi connectivity index (χ1n) is 7.33. The van der Waals surface area contributed by atoms with Crippen LogP contribution in [0.4, 0.5) is 0 Å². The molecule has 0 saturated carbocycles. The highest BCUT2D eigenvalue weighted by atomic mass is 28.3. The van der Waals surface area contributed by atoms with Crippen LogP contribution in [0.5, 0.6) is 5.75 Å². The zero-order valence-corrected chi connectivity index (χ0v) is 14.1. The van der Waals surface area contributed by atoms with Crippen LogP contribution in [0.3, 0.4) is 0 Å². The van der Waals surface area contributed by atoms with Gasteiger partial charge in [-0.1, -0.05) is 43.9 Å². The molecular formula is C17H24O3Si. The van der Waals surface area contributed by atoms with Gasteiger partial charge >= 0.3 is 0 Å². The summed E-state index contributed by atoms with van der Waals surface area (Å²) >= 11 is 0. The number of ether oxygens (including phenoxy) is 2. The van der Waals surface area contributed by atoms with E-state index in [0.29, 0.717) is 0 Å². The number of aliphatic hydroxyl groups excluding tert-OH is 1. The minimum Gasteiger partial charge on any atom is -0.467 e. The van der Waals surface area contributed by atoms with Crippen LogP contribution in [0, 0.1) is 0 Å². The first-order chi connectivity index (χ1) is 9.99. The molecule has 2 aromatic carbocycles. The second-order valence-corrected chi connectivity index (χ2v) is 12.1. The Bertz CT molecular complexity index is 590. The van der Waals surface area contributed by atoms with Crippen LogP contribution < -0.4 is 4.74 Å². The zero-order chi connectivity index (χ0) is 15.3. The fourth-order valence-electron chi connectivity index (χ4n) is 2.07. The molecule has 3 nitrogen and oxygen atoms in total. The second kappa shape index (κ2) is 7.07. The standard InChI is InChI=1S/C17H24O3Si/c1-21(2,3)10-9-19-13-20-17-6-4-5-15-11-14(12-18)7-8-16(15)17/h4-8,11,18H,9-10,12-13H2,1-3H3. The van der Waals surface area contributed by atoms with Crippen molar-refractivity contribution in [3.05, 3.63) is 42.0 Å². The Labute approximate surface area is 127 Å². The normalized spacial score (nSPS) is 11.8. The largest absolute Gasteiger partial charge is 0.467 e. The molecule has 0 aliphatic rings. The Hall–Kier alpha value is -1.36. The van der Waals surface area contributed by atoms with Gasteiger partial charge in [0, 0.05) is 20.1 Å². The van der Waals surface area contributed by atoms with E-state index in [1.54, 1.807) is 0 Å².